The number of carbonyl (C=O) groups is 5. The number of hydrogen-bond donors (Lipinski definition) is 3. The predicted molar refractivity (Wildman–Crippen MR) is 199 cm³/mol. The van der Waals surface area contributed by atoms with Gasteiger partial charge in [0.15, 0.2) is 5.92 Å². The van der Waals surface area contributed by atoms with Crippen molar-refractivity contribution in [2.75, 3.05) is 32.8 Å². The highest BCUT2D eigenvalue weighted by Gasteiger charge is 2.74. The van der Waals surface area contributed by atoms with Crippen LogP contribution in [0.1, 0.15) is 52.4 Å². The SMILES string of the molecule is COC(=O)C(CC#Cc1ccc2c(c1)[C@]1(C(=O)N2)[C@H](C(=O)O)[C@H]2C(=O)O[C@H](c3ccccc3)[C@H](c3ccccc3)N2[C@@H]1c1ccc(OCCO)cc1)C(=O)OC. The summed E-state index contributed by atoms with van der Waals surface area (Å²) in [6, 6.07) is 26.9. The molecule has 0 bridgehead atoms. The molecule has 0 unspecified atom stereocenters. The van der Waals surface area contributed by atoms with E-state index in [0.29, 0.717) is 33.7 Å². The lowest BCUT2D eigenvalue weighted by Gasteiger charge is -2.46. The Hall–Kier alpha value is -6.49. The summed E-state index contributed by atoms with van der Waals surface area (Å²) >= 11 is 0. The van der Waals surface area contributed by atoms with Crippen molar-refractivity contribution >= 4 is 35.5 Å². The van der Waals surface area contributed by atoms with Gasteiger partial charge >= 0.3 is 23.9 Å². The quantitative estimate of drug-likeness (QED) is 0.0914. The third-order valence-corrected chi connectivity index (χ3v) is 10.6. The van der Waals surface area contributed by atoms with E-state index in [1.54, 1.807) is 42.5 Å². The van der Waals surface area contributed by atoms with Gasteiger partial charge < -0.3 is 34.5 Å². The zero-order chi connectivity index (χ0) is 39.6. The molecule has 3 N–H and O–H groups in total. The van der Waals surface area contributed by atoms with Crippen molar-refractivity contribution in [2.24, 2.45) is 11.8 Å². The number of hydrogen-bond acceptors (Lipinski definition) is 11. The Kier molecular flexibility index (Phi) is 10.6. The maximum Gasteiger partial charge on any atom is 0.325 e. The number of rotatable bonds is 10. The fraction of sp³-hybridized carbons (Fsp3) is 0.279. The fourth-order valence-corrected chi connectivity index (χ4v) is 8.36. The molecule has 3 heterocycles. The molecular formula is C43H38N2O11. The van der Waals surface area contributed by atoms with E-state index in [1.807, 2.05) is 65.6 Å². The summed E-state index contributed by atoms with van der Waals surface area (Å²) < 4.78 is 21.4. The van der Waals surface area contributed by atoms with Gasteiger partial charge in [0.25, 0.3) is 0 Å². The van der Waals surface area contributed by atoms with E-state index in [1.165, 1.54) is 0 Å². The minimum absolute atomic E-state index is 0.0439. The highest BCUT2D eigenvalue weighted by molar-refractivity contribution is 6.11. The number of benzene rings is 4. The molecular weight excluding hydrogens is 720 g/mol. The van der Waals surface area contributed by atoms with Crippen molar-refractivity contribution < 1.29 is 53.1 Å². The lowest BCUT2D eigenvalue weighted by Crippen LogP contribution is -2.52. The molecule has 4 aromatic rings. The van der Waals surface area contributed by atoms with Gasteiger partial charge in [0, 0.05) is 17.7 Å². The molecule has 4 aromatic carbocycles. The Morgan fingerprint density at radius 1 is 0.857 bits per heavy atom. The third kappa shape index (κ3) is 6.42. The summed E-state index contributed by atoms with van der Waals surface area (Å²) in [5.41, 5.74) is 1.01. The van der Waals surface area contributed by atoms with Gasteiger partial charge in [-0.1, -0.05) is 84.6 Å². The summed E-state index contributed by atoms with van der Waals surface area (Å²) in [6.45, 7) is -0.165. The van der Waals surface area contributed by atoms with Crippen LogP contribution in [0.25, 0.3) is 0 Å². The Morgan fingerprint density at radius 3 is 2.11 bits per heavy atom. The zero-order valence-corrected chi connectivity index (χ0v) is 30.4. The Morgan fingerprint density at radius 2 is 1.50 bits per heavy atom. The van der Waals surface area contributed by atoms with Crippen LogP contribution in [-0.2, 0) is 43.6 Å². The molecule has 13 nitrogen and oxygen atoms in total. The average Bonchev–Trinajstić information content (AvgIpc) is 3.70. The first-order chi connectivity index (χ1) is 27.1. The fourth-order valence-electron chi connectivity index (χ4n) is 8.36. The number of anilines is 1. The van der Waals surface area contributed by atoms with E-state index in [0.717, 1.165) is 19.8 Å². The number of nitrogens with one attached hydrogen (secondary N) is 1. The average molecular weight is 759 g/mol. The maximum absolute atomic E-state index is 14.9. The molecule has 0 aliphatic carbocycles. The molecule has 56 heavy (non-hydrogen) atoms. The van der Waals surface area contributed by atoms with Crippen molar-refractivity contribution in [3.8, 4) is 17.6 Å². The molecule has 0 saturated carbocycles. The number of amides is 1. The van der Waals surface area contributed by atoms with Gasteiger partial charge in [0.05, 0.1) is 32.9 Å². The monoisotopic (exact) mass is 758 g/mol. The predicted octanol–water partition coefficient (Wildman–Crippen LogP) is 4.12. The molecule has 13 heteroatoms. The summed E-state index contributed by atoms with van der Waals surface area (Å²) in [7, 11) is 2.30. The third-order valence-electron chi connectivity index (χ3n) is 10.6. The van der Waals surface area contributed by atoms with Crippen molar-refractivity contribution in [1.82, 2.24) is 4.90 Å². The Labute approximate surface area is 322 Å². The second-order valence-electron chi connectivity index (χ2n) is 13.6. The van der Waals surface area contributed by atoms with Gasteiger partial charge in [-0.2, -0.15) is 0 Å². The second kappa shape index (κ2) is 15.7. The minimum atomic E-state index is -1.92. The number of cyclic esters (lactones) is 1. The van der Waals surface area contributed by atoms with Gasteiger partial charge in [-0.25, -0.2) is 0 Å². The zero-order valence-electron chi connectivity index (χ0n) is 30.4. The molecule has 6 atom stereocenters. The van der Waals surface area contributed by atoms with Gasteiger partial charge in [-0.3, -0.25) is 28.9 Å². The topological polar surface area (TPSA) is 178 Å². The molecule has 0 radical (unpaired) electrons. The van der Waals surface area contributed by atoms with Crippen LogP contribution in [0.2, 0.25) is 0 Å². The van der Waals surface area contributed by atoms with Gasteiger partial charge in [0.1, 0.15) is 35.8 Å². The van der Waals surface area contributed by atoms with Crippen LogP contribution in [-0.4, -0.2) is 78.4 Å². The lowest BCUT2D eigenvalue weighted by molar-refractivity contribution is -0.179. The highest BCUT2D eigenvalue weighted by Crippen LogP contribution is 2.64. The van der Waals surface area contributed by atoms with E-state index in [9.17, 15) is 34.2 Å². The summed E-state index contributed by atoms with van der Waals surface area (Å²) in [4.78, 5) is 69.6. The molecule has 2 saturated heterocycles. The van der Waals surface area contributed by atoms with Gasteiger partial charge in [-0.05, 0) is 52.6 Å². The van der Waals surface area contributed by atoms with Crippen LogP contribution < -0.4 is 10.1 Å². The van der Waals surface area contributed by atoms with E-state index >= 15 is 0 Å². The standard InChI is InChI=1S/C43H38N2O11/c1-53-39(49)30(40(50)54-2)15-9-10-25-16-21-32-31(24-25)43(42(52)44-32)33(38(47)48)35-41(51)56-36(27-13-7-4-8-14-27)34(26-11-5-3-6-12-26)45(35)37(43)28-17-19-29(20-18-28)55-23-22-46/h3-8,11-14,16-21,24,30,33-37,46H,15,22-23H2,1-2H3,(H,44,52)(H,47,48)/t33-,34-,35-,36+,37+,43-/m0/s1. The number of ether oxygens (including phenoxy) is 4. The second-order valence-corrected chi connectivity index (χ2v) is 13.6. The molecule has 3 aliphatic rings. The molecule has 7 rings (SSSR count). The number of methoxy groups -OCH3 is 2. The van der Waals surface area contributed by atoms with Crippen molar-refractivity contribution in [1.29, 1.82) is 0 Å². The van der Waals surface area contributed by atoms with E-state index in [2.05, 4.69) is 17.2 Å². The number of aliphatic carboxylic acids is 1. The minimum Gasteiger partial charge on any atom is -0.491 e. The number of carbonyl (C=O) groups excluding carboxylic acids is 4. The first-order valence-corrected chi connectivity index (χ1v) is 17.9. The lowest BCUT2D eigenvalue weighted by atomic mass is 9.65. The Balaban J connectivity index is 1.45. The molecule has 1 amide bonds. The van der Waals surface area contributed by atoms with E-state index in [4.69, 9.17) is 18.9 Å². The van der Waals surface area contributed by atoms with Crippen LogP contribution in [0.4, 0.5) is 5.69 Å². The summed E-state index contributed by atoms with van der Waals surface area (Å²) in [5.74, 6) is -1.16. The number of morpholine rings is 1. The number of aliphatic hydroxyl groups is 1. The number of carboxylic acids is 1. The van der Waals surface area contributed by atoms with Crippen molar-refractivity contribution in [3.05, 3.63) is 131 Å². The van der Waals surface area contributed by atoms with E-state index < -0.39 is 71.3 Å². The highest BCUT2D eigenvalue weighted by atomic mass is 16.6. The van der Waals surface area contributed by atoms with Crippen molar-refractivity contribution in [3.63, 3.8) is 0 Å². The van der Waals surface area contributed by atoms with E-state index in [-0.39, 0.29) is 19.6 Å². The maximum atomic E-state index is 14.9. The van der Waals surface area contributed by atoms with Crippen LogP contribution in [0.5, 0.6) is 5.75 Å². The summed E-state index contributed by atoms with van der Waals surface area (Å²) in [5, 5.41) is 23.5. The number of fused-ring (bicyclic) bond motifs is 3. The van der Waals surface area contributed by atoms with Gasteiger partial charge in [-0.15, -0.1) is 0 Å². The van der Waals surface area contributed by atoms with Crippen LogP contribution in [0, 0.1) is 23.7 Å². The number of carboxylic acid groups (broad SMARTS) is 1. The van der Waals surface area contributed by atoms with Crippen LogP contribution >= 0.6 is 0 Å². The normalized spacial score (nSPS) is 23.6. The number of aliphatic hydroxyl groups excluding tert-OH is 1. The first kappa shape index (κ1) is 37.8. The molecule has 286 valence electrons. The Bertz CT molecular complexity index is 2200. The molecule has 3 aliphatic heterocycles. The van der Waals surface area contributed by atoms with Gasteiger partial charge in [0.2, 0.25) is 5.91 Å². The first-order valence-electron chi connectivity index (χ1n) is 17.9. The van der Waals surface area contributed by atoms with Crippen molar-refractivity contribution in [2.45, 2.75) is 36.1 Å². The van der Waals surface area contributed by atoms with Crippen LogP contribution in [0.15, 0.2) is 103 Å². The number of nitrogens with zero attached hydrogens (tertiary/aromatic N) is 1. The van der Waals surface area contributed by atoms with Crippen LogP contribution in [0.3, 0.4) is 0 Å². The largest absolute Gasteiger partial charge is 0.491 e. The summed E-state index contributed by atoms with van der Waals surface area (Å²) in [6.07, 6.45) is -1.12. The smallest absolute Gasteiger partial charge is 0.325 e. The molecule has 2 fully saturated rings. The molecule has 1 spiro atoms. The molecule has 0 aromatic heterocycles. The number of esters is 3.